The van der Waals surface area contributed by atoms with E-state index in [4.69, 9.17) is 9.47 Å². The molecule has 50 heavy (non-hydrogen) atoms. The van der Waals surface area contributed by atoms with Crippen LogP contribution in [0.3, 0.4) is 0 Å². The largest absolute Gasteiger partial charge is 0.442 e. The maximum Gasteiger partial charge on any atom is 0.429 e. The van der Waals surface area contributed by atoms with Crippen LogP contribution in [0.15, 0.2) is 5.38 Å². The van der Waals surface area contributed by atoms with Crippen molar-refractivity contribution >= 4 is 41.1 Å². The van der Waals surface area contributed by atoms with Crippen molar-refractivity contribution in [1.82, 2.24) is 31.4 Å². The van der Waals surface area contributed by atoms with E-state index < -0.39 is 54.0 Å². The Morgan fingerprint density at radius 2 is 1.68 bits per heavy atom. The first-order valence-corrected chi connectivity index (χ1v) is 18.7. The molecule has 5 amide bonds. The summed E-state index contributed by atoms with van der Waals surface area (Å²) in [6.45, 7) is 17.9. The number of ether oxygens (including phenoxy) is 2. The summed E-state index contributed by atoms with van der Waals surface area (Å²) in [7, 11) is 0. The van der Waals surface area contributed by atoms with Crippen LogP contribution >= 0.6 is 11.3 Å². The smallest absolute Gasteiger partial charge is 0.429 e. The van der Waals surface area contributed by atoms with Crippen molar-refractivity contribution in [3.05, 3.63) is 16.1 Å². The zero-order chi connectivity index (χ0) is 37.5. The lowest BCUT2D eigenvalue weighted by molar-refractivity contribution is -0.132. The van der Waals surface area contributed by atoms with Crippen molar-refractivity contribution in [3.8, 4) is 0 Å². The van der Waals surface area contributed by atoms with E-state index in [0.717, 1.165) is 15.7 Å². The van der Waals surface area contributed by atoms with Crippen molar-refractivity contribution in [2.75, 3.05) is 26.3 Å². The standard InChI is InChI=1S/C35H60N6O8S/c1-20(2)14-27(28(42)15-23(7)32(44)39-31(22(5)6)34(46)36-17-21(3)4)38-29(43)10-12-41(35(47)49-26-11-13-48-18-26)40-33(45)24(8)16-30-37-25(9)19-50-30/h19-24,26-28,31,42H,10-18H2,1-9H3,(H,36,46)(H,38,43)(H,39,44)(H,40,45). The molecule has 6 unspecified atom stereocenters. The molecule has 6 atom stereocenters. The second-order valence-corrected chi connectivity index (χ2v) is 15.6. The minimum Gasteiger partial charge on any atom is -0.442 e. The molecule has 0 aromatic carbocycles. The molecule has 2 heterocycles. The average Bonchev–Trinajstić information content (AvgIpc) is 3.70. The van der Waals surface area contributed by atoms with E-state index in [1.54, 1.807) is 13.8 Å². The maximum absolute atomic E-state index is 13.2. The average molecular weight is 725 g/mol. The van der Waals surface area contributed by atoms with Gasteiger partial charge < -0.3 is 30.5 Å². The Labute approximate surface area is 301 Å². The normalized spacial score (nSPS) is 17.5. The molecule has 1 aliphatic rings. The van der Waals surface area contributed by atoms with E-state index >= 15 is 0 Å². The van der Waals surface area contributed by atoms with Gasteiger partial charge in [0.1, 0.15) is 12.1 Å². The quantitative estimate of drug-likeness (QED) is 0.134. The van der Waals surface area contributed by atoms with Gasteiger partial charge in [0.25, 0.3) is 0 Å². The first-order valence-electron chi connectivity index (χ1n) is 17.8. The number of hydrazine groups is 1. The lowest BCUT2D eigenvalue weighted by atomic mass is 9.92. The van der Waals surface area contributed by atoms with Gasteiger partial charge in [0.15, 0.2) is 0 Å². The van der Waals surface area contributed by atoms with Crippen LogP contribution in [0.4, 0.5) is 4.79 Å². The SMILES string of the molecule is Cc1csc(CC(C)C(=O)NN(CCC(=O)NC(CC(C)C)C(O)CC(C)C(=O)NC(C(=O)NCC(C)C)C(C)C)C(=O)OC2CCOC2)n1. The molecule has 1 aliphatic heterocycles. The predicted molar refractivity (Wildman–Crippen MR) is 191 cm³/mol. The second-order valence-electron chi connectivity index (χ2n) is 14.6. The maximum atomic E-state index is 13.2. The van der Waals surface area contributed by atoms with Gasteiger partial charge in [-0.3, -0.25) is 24.6 Å². The number of aryl methyl sites for hydroxylation is 1. The number of carbonyl (C=O) groups excluding carboxylic acids is 5. The van der Waals surface area contributed by atoms with Crippen molar-refractivity contribution in [1.29, 1.82) is 0 Å². The molecule has 0 aliphatic carbocycles. The van der Waals surface area contributed by atoms with Crippen LogP contribution in [0.2, 0.25) is 0 Å². The first-order chi connectivity index (χ1) is 23.5. The highest BCUT2D eigenvalue weighted by molar-refractivity contribution is 7.09. The molecular weight excluding hydrogens is 664 g/mol. The van der Waals surface area contributed by atoms with Crippen LogP contribution in [0, 0.1) is 36.5 Å². The van der Waals surface area contributed by atoms with Crippen molar-refractivity contribution in [3.63, 3.8) is 0 Å². The summed E-state index contributed by atoms with van der Waals surface area (Å²) in [5, 5.41) is 23.5. The summed E-state index contributed by atoms with van der Waals surface area (Å²) in [6, 6.07) is -1.40. The molecule has 1 aromatic rings. The van der Waals surface area contributed by atoms with Crippen molar-refractivity contribution in [2.24, 2.45) is 29.6 Å². The van der Waals surface area contributed by atoms with E-state index in [2.05, 4.69) is 26.4 Å². The van der Waals surface area contributed by atoms with Crippen molar-refractivity contribution in [2.45, 2.75) is 119 Å². The number of nitrogens with zero attached hydrogens (tertiary/aromatic N) is 2. The number of hydrogen-bond acceptors (Lipinski definition) is 10. The second kappa shape index (κ2) is 21.2. The first kappa shape index (κ1) is 42.9. The van der Waals surface area contributed by atoms with Gasteiger partial charge in [-0.25, -0.2) is 14.8 Å². The molecule has 1 saturated heterocycles. The number of aliphatic hydroxyl groups is 1. The molecule has 5 N–H and O–H groups in total. The summed E-state index contributed by atoms with van der Waals surface area (Å²) in [4.78, 5) is 69.7. The summed E-state index contributed by atoms with van der Waals surface area (Å²) in [5.41, 5.74) is 3.49. The fraction of sp³-hybridized carbons (Fsp3) is 0.771. The highest BCUT2D eigenvalue weighted by atomic mass is 32.1. The number of rotatable bonds is 19. The van der Waals surface area contributed by atoms with E-state index in [1.165, 1.54) is 11.3 Å². The Balaban J connectivity index is 2.04. The van der Waals surface area contributed by atoms with Crippen LogP contribution in [0.25, 0.3) is 0 Å². The van der Waals surface area contributed by atoms with Gasteiger partial charge >= 0.3 is 6.09 Å². The van der Waals surface area contributed by atoms with Gasteiger partial charge in [-0.1, -0.05) is 55.4 Å². The molecule has 2 rings (SSSR count). The Bertz CT molecular complexity index is 1250. The lowest BCUT2D eigenvalue weighted by Gasteiger charge is -2.29. The predicted octanol–water partition coefficient (Wildman–Crippen LogP) is 3.11. The highest BCUT2D eigenvalue weighted by Crippen LogP contribution is 2.18. The van der Waals surface area contributed by atoms with Crippen LogP contribution < -0.4 is 21.4 Å². The summed E-state index contributed by atoms with van der Waals surface area (Å²) >= 11 is 1.46. The van der Waals surface area contributed by atoms with Gasteiger partial charge in [0.05, 0.1) is 36.9 Å². The van der Waals surface area contributed by atoms with Crippen LogP contribution in [-0.2, 0) is 35.1 Å². The molecule has 284 valence electrons. The molecular formula is C35H60N6O8S. The van der Waals surface area contributed by atoms with Crippen molar-refractivity contribution < 1.29 is 38.6 Å². The highest BCUT2D eigenvalue weighted by Gasteiger charge is 2.31. The Morgan fingerprint density at radius 3 is 2.24 bits per heavy atom. The molecule has 0 radical (unpaired) electrons. The third-order valence-corrected chi connectivity index (χ3v) is 9.28. The number of hydrogen-bond donors (Lipinski definition) is 5. The number of amides is 5. The van der Waals surface area contributed by atoms with Crippen LogP contribution in [0.1, 0.15) is 91.8 Å². The van der Waals surface area contributed by atoms with Gasteiger partial charge in [-0.15, -0.1) is 11.3 Å². The number of aromatic nitrogens is 1. The van der Waals surface area contributed by atoms with E-state index in [0.29, 0.717) is 32.4 Å². The van der Waals surface area contributed by atoms with E-state index in [9.17, 15) is 29.1 Å². The fourth-order valence-corrected chi connectivity index (χ4v) is 6.19. The third-order valence-electron chi connectivity index (χ3n) is 8.29. The summed E-state index contributed by atoms with van der Waals surface area (Å²) < 4.78 is 10.8. The molecule has 0 saturated carbocycles. The zero-order valence-corrected chi connectivity index (χ0v) is 32.1. The molecule has 14 nitrogen and oxygen atoms in total. The van der Waals surface area contributed by atoms with Crippen LogP contribution in [-0.4, -0.2) is 95.4 Å². The number of thiazole rings is 1. The number of nitrogens with one attached hydrogen (secondary N) is 4. The number of carbonyl (C=O) groups is 5. The van der Waals surface area contributed by atoms with Gasteiger partial charge in [0.2, 0.25) is 23.6 Å². The molecule has 1 fully saturated rings. The Kier molecular flexibility index (Phi) is 18.1. The molecule has 1 aromatic heterocycles. The topological polar surface area (TPSA) is 188 Å². The van der Waals surface area contributed by atoms with Gasteiger partial charge in [0, 0.05) is 48.7 Å². The molecule has 15 heteroatoms. The minimum atomic E-state index is -1.06. The molecule has 0 spiro atoms. The Hall–Kier alpha value is -3.30. The summed E-state index contributed by atoms with van der Waals surface area (Å²) in [6.07, 6.45) is -1.09. The third kappa shape index (κ3) is 15.3. The minimum absolute atomic E-state index is 0.0520. The zero-order valence-electron chi connectivity index (χ0n) is 31.2. The fourth-order valence-electron chi connectivity index (χ4n) is 5.29. The summed E-state index contributed by atoms with van der Waals surface area (Å²) in [5.74, 6) is -2.42. The van der Waals surface area contributed by atoms with E-state index in [1.807, 2.05) is 53.8 Å². The van der Waals surface area contributed by atoms with Gasteiger partial charge in [-0.2, -0.15) is 0 Å². The lowest BCUT2D eigenvalue weighted by Crippen LogP contribution is -2.52. The van der Waals surface area contributed by atoms with E-state index in [-0.39, 0.29) is 55.6 Å². The van der Waals surface area contributed by atoms with Crippen LogP contribution in [0.5, 0.6) is 0 Å². The number of aliphatic hydroxyl groups excluding tert-OH is 1. The monoisotopic (exact) mass is 724 g/mol. The molecule has 0 bridgehead atoms. The van der Waals surface area contributed by atoms with Gasteiger partial charge in [-0.05, 0) is 37.5 Å². The Morgan fingerprint density at radius 1 is 0.980 bits per heavy atom.